The van der Waals surface area contributed by atoms with Gasteiger partial charge in [-0.1, -0.05) is 109 Å². The second-order valence-corrected chi connectivity index (χ2v) is 8.32. The molecular weight excluding hydrogens is 344 g/mol. The van der Waals surface area contributed by atoms with Crippen LogP contribution in [0.2, 0.25) is 0 Å². The molecular formula is C26H50O2. The quantitative estimate of drug-likeness (QED) is 0.104. The van der Waals surface area contributed by atoms with Crippen LogP contribution in [0.15, 0.2) is 12.2 Å². The van der Waals surface area contributed by atoms with E-state index >= 15 is 0 Å². The van der Waals surface area contributed by atoms with Gasteiger partial charge in [0.25, 0.3) is 0 Å². The first-order chi connectivity index (χ1) is 13.8. The summed E-state index contributed by atoms with van der Waals surface area (Å²) >= 11 is 0. The maximum Gasteiger partial charge on any atom is 0.305 e. The molecule has 2 nitrogen and oxygen atoms in total. The Hall–Kier alpha value is -0.790. The van der Waals surface area contributed by atoms with Crippen LogP contribution in [-0.2, 0) is 9.53 Å². The molecule has 0 aromatic rings. The molecule has 0 bridgehead atoms. The molecule has 0 aromatic heterocycles. The maximum atomic E-state index is 11.7. The third-order valence-corrected chi connectivity index (χ3v) is 5.40. The predicted octanol–water partition coefficient (Wildman–Crippen LogP) is 8.93. The van der Waals surface area contributed by atoms with Crippen molar-refractivity contribution in [2.24, 2.45) is 0 Å². The van der Waals surface area contributed by atoms with Gasteiger partial charge in [0.2, 0.25) is 0 Å². The Labute approximate surface area is 176 Å². The van der Waals surface area contributed by atoms with Crippen molar-refractivity contribution in [1.82, 2.24) is 0 Å². The molecule has 0 aliphatic carbocycles. The van der Waals surface area contributed by atoms with E-state index < -0.39 is 0 Å². The molecule has 2 heteroatoms. The highest BCUT2D eigenvalue weighted by Crippen LogP contribution is 2.11. The van der Waals surface area contributed by atoms with E-state index in [0.717, 1.165) is 19.3 Å². The van der Waals surface area contributed by atoms with E-state index in [9.17, 15) is 4.79 Å². The summed E-state index contributed by atoms with van der Waals surface area (Å²) in [4.78, 5) is 11.7. The number of ether oxygens (including phenoxy) is 1. The fourth-order valence-corrected chi connectivity index (χ4v) is 3.48. The third-order valence-electron chi connectivity index (χ3n) is 5.40. The highest BCUT2D eigenvalue weighted by Gasteiger charge is 2.02. The SMILES string of the molecule is CCCCCC/C=C\CCCCCCCC(=O)OCCCCCCCCCC. The summed E-state index contributed by atoms with van der Waals surface area (Å²) in [7, 11) is 0. The van der Waals surface area contributed by atoms with Gasteiger partial charge in [-0.05, 0) is 38.5 Å². The molecule has 0 radical (unpaired) electrons. The van der Waals surface area contributed by atoms with E-state index in [1.54, 1.807) is 0 Å². The molecule has 0 aliphatic rings. The molecule has 0 saturated heterocycles. The van der Waals surface area contributed by atoms with Crippen molar-refractivity contribution < 1.29 is 9.53 Å². The minimum atomic E-state index is 0.00829. The van der Waals surface area contributed by atoms with Crippen molar-refractivity contribution in [2.75, 3.05) is 6.61 Å². The standard InChI is InChI=1S/C26H50O2/c1-3-5-7-9-11-13-14-15-16-17-18-20-22-24-26(27)28-25-23-21-19-12-10-8-6-4-2/h13-14H,3-12,15-25H2,1-2H3/b14-13-. The second-order valence-electron chi connectivity index (χ2n) is 8.32. The molecule has 0 aliphatic heterocycles. The maximum absolute atomic E-state index is 11.7. The van der Waals surface area contributed by atoms with Crippen LogP contribution < -0.4 is 0 Å². The zero-order valence-electron chi connectivity index (χ0n) is 19.3. The van der Waals surface area contributed by atoms with Crippen LogP contribution in [0.1, 0.15) is 142 Å². The van der Waals surface area contributed by atoms with Gasteiger partial charge in [0, 0.05) is 6.42 Å². The third kappa shape index (κ3) is 23.2. The van der Waals surface area contributed by atoms with Gasteiger partial charge in [-0.3, -0.25) is 4.79 Å². The number of carbonyl (C=O) groups excluding carboxylic acids is 1. The zero-order valence-corrected chi connectivity index (χ0v) is 19.3. The van der Waals surface area contributed by atoms with E-state index in [1.807, 2.05) is 0 Å². The molecule has 0 rings (SSSR count). The summed E-state index contributed by atoms with van der Waals surface area (Å²) in [5, 5.41) is 0. The molecule has 0 N–H and O–H groups in total. The molecule has 166 valence electrons. The first-order valence-corrected chi connectivity index (χ1v) is 12.6. The lowest BCUT2D eigenvalue weighted by Crippen LogP contribution is -2.05. The first-order valence-electron chi connectivity index (χ1n) is 12.6. The minimum absolute atomic E-state index is 0.00829. The van der Waals surface area contributed by atoms with Crippen LogP contribution in [0, 0.1) is 0 Å². The summed E-state index contributed by atoms with van der Waals surface area (Å²) in [5.41, 5.74) is 0. The summed E-state index contributed by atoms with van der Waals surface area (Å²) in [6.07, 6.45) is 29.5. The summed E-state index contributed by atoms with van der Waals surface area (Å²) in [6, 6.07) is 0. The number of esters is 1. The molecule has 28 heavy (non-hydrogen) atoms. The monoisotopic (exact) mass is 394 g/mol. The molecule has 0 atom stereocenters. The van der Waals surface area contributed by atoms with Crippen LogP contribution in [0.5, 0.6) is 0 Å². The molecule has 0 unspecified atom stereocenters. The summed E-state index contributed by atoms with van der Waals surface area (Å²) in [6.45, 7) is 5.14. The Morgan fingerprint density at radius 3 is 1.57 bits per heavy atom. The fraction of sp³-hybridized carbons (Fsp3) is 0.885. The number of hydrogen-bond donors (Lipinski definition) is 0. The van der Waals surface area contributed by atoms with Crippen LogP contribution in [0.4, 0.5) is 0 Å². The number of rotatable bonds is 22. The van der Waals surface area contributed by atoms with Gasteiger partial charge in [0.1, 0.15) is 0 Å². The predicted molar refractivity (Wildman–Crippen MR) is 124 cm³/mol. The lowest BCUT2D eigenvalue weighted by Gasteiger charge is -2.05. The van der Waals surface area contributed by atoms with E-state index in [4.69, 9.17) is 4.74 Å². The van der Waals surface area contributed by atoms with Gasteiger partial charge in [0.15, 0.2) is 0 Å². The molecule has 0 amide bonds. The van der Waals surface area contributed by atoms with Crippen LogP contribution in [0.3, 0.4) is 0 Å². The lowest BCUT2D eigenvalue weighted by molar-refractivity contribution is -0.143. The highest BCUT2D eigenvalue weighted by atomic mass is 16.5. The van der Waals surface area contributed by atoms with Crippen molar-refractivity contribution in [3.05, 3.63) is 12.2 Å². The molecule has 0 fully saturated rings. The molecule has 0 saturated carbocycles. The van der Waals surface area contributed by atoms with Gasteiger partial charge in [-0.2, -0.15) is 0 Å². The minimum Gasteiger partial charge on any atom is -0.466 e. The number of allylic oxidation sites excluding steroid dienone is 2. The normalized spacial score (nSPS) is 11.4. The molecule has 0 heterocycles. The van der Waals surface area contributed by atoms with Crippen molar-refractivity contribution in [3.8, 4) is 0 Å². The van der Waals surface area contributed by atoms with E-state index in [2.05, 4.69) is 26.0 Å². The van der Waals surface area contributed by atoms with Crippen molar-refractivity contribution in [3.63, 3.8) is 0 Å². The Bertz CT molecular complexity index is 335. The van der Waals surface area contributed by atoms with Crippen LogP contribution >= 0.6 is 0 Å². The summed E-state index contributed by atoms with van der Waals surface area (Å²) < 4.78 is 5.35. The van der Waals surface area contributed by atoms with E-state index in [1.165, 1.54) is 103 Å². The van der Waals surface area contributed by atoms with Gasteiger partial charge in [-0.25, -0.2) is 0 Å². The Morgan fingerprint density at radius 1 is 0.571 bits per heavy atom. The van der Waals surface area contributed by atoms with E-state index in [-0.39, 0.29) is 5.97 Å². The fourth-order valence-electron chi connectivity index (χ4n) is 3.48. The first kappa shape index (κ1) is 27.2. The Kier molecular flexibility index (Phi) is 23.6. The topological polar surface area (TPSA) is 26.3 Å². The van der Waals surface area contributed by atoms with Crippen molar-refractivity contribution >= 4 is 5.97 Å². The number of hydrogen-bond acceptors (Lipinski definition) is 2. The zero-order chi connectivity index (χ0) is 20.5. The number of carbonyl (C=O) groups is 1. The van der Waals surface area contributed by atoms with E-state index in [0.29, 0.717) is 13.0 Å². The Balaban J connectivity index is 3.19. The van der Waals surface area contributed by atoms with Gasteiger partial charge < -0.3 is 4.74 Å². The van der Waals surface area contributed by atoms with Crippen LogP contribution in [0.25, 0.3) is 0 Å². The highest BCUT2D eigenvalue weighted by molar-refractivity contribution is 5.69. The second kappa shape index (κ2) is 24.2. The lowest BCUT2D eigenvalue weighted by atomic mass is 10.1. The average molecular weight is 395 g/mol. The number of unbranched alkanes of at least 4 members (excludes halogenated alkanes) is 16. The Morgan fingerprint density at radius 2 is 1.00 bits per heavy atom. The molecule has 0 spiro atoms. The van der Waals surface area contributed by atoms with Crippen molar-refractivity contribution in [1.29, 1.82) is 0 Å². The average Bonchev–Trinajstić information content (AvgIpc) is 2.70. The van der Waals surface area contributed by atoms with Crippen molar-refractivity contribution in [2.45, 2.75) is 142 Å². The smallest absolute Gasteiger partial charge is 0.305 e. The van der Waals surface area contributed by atoms with Gasteiger partial charge in [-0.15, -0.1) is 0 Å². The largest absolute Gasteiger partial charge is 0.466 e. The van der Waals surface area contributed by atoms with Crippen LogP contribution in [-0.4, -0.2) is 12.6 Å². The molecule has 0 aromatic carbocycles. The van der Waals surface area contributed by atoms with Gasteiger partial charge in [0.05, 0.1) is 6.61 Å². The summed E-state index contributed by atoms with van der Waals surface area (Å²) in [5.74, 6) is 0.00829. The van der Waals surface area contributed by atoms with Gasteiger partial charge >= 0.3 is 5.97 Å².